The topological polar surface area (TPSA) is 81.3 Å². The smallest absolute Gasteiger partial charge is 0.253 e. The number of rotatable bonds is 5. The van der Waals surface area contributed by atoms with Gasteiger partial charge >= 0.3 is 0 Å². The molecule has 2 unspecified atom stereocenters. The molecule has 0 saturated carbocycles. The van der Waals surface area contributed by atoms with Gasteiger partial charge in [0.1, 0.15) is 0 Å². The van der Waals surface area contributed by atoms with E-state index in [-0.39, 0.29) is 11.8 Å². The first-order valence-electron chi connectivity index (χ1n) is 12.1. The molecule has 2 amide bonds. The van der Waals surface area contributed by atoms with Gasteiger partial charge in [-0.3, -0.25) is 19.5 Å². The van der Waals surface area contributed by atoms with E-state index in [4.69, 9.17) is 0 Å². The molecule has 3 aromatic rings. The maximum atomic E-state index is 13.5. The predicted octanol–water partition coefficient (Wildman–Crippen LogP) is 3.41. The van der Waals surface area contributed by atoms with Crippen LogP contribution < -0.4 is 5.32 Å². The zero-order chi connectivity index (χ0) is 24.0. The molecule has 2 saturated heterocycles. The lowest BCUT2D eigenvalue weighted by molar-refractivity contribution is -0.121. The third-order valence-corrected chi connectivity index (χ3v) is 7.34. The molecule has 34 heavy (non-hydrogen) atoms. The molecular weight excluding hydrogens is 426 g/mol. The zero-order valence-corrected chi connectivity index (χ0v) is 20.4. The van der Waals surface area contributed by atoms with Gasteiger partial charge in [0.25, 0.3) is 5.91 Å². The van der Waals surface area contributed by atoms with Crippen LogP contribution in [0.3, 0.4) is 0 Å². The normalized spacial score (nSPS) is 20.3. The average molecular weight is 460 g/mol. The van der Waals surface area contributed by atoms with Crippen LogP contribution in [0.15, 0.2) is 36.5 Å². The van der Waals surface area contributed by atoms with E-state index in [1.54, 1.807) is 7.05 Å². The van der Waals surface area contributed by atoms with Gasteiger partial charge in [0.15, 0.2) is 0 Å². The Morgan fingerprint density at radius 1 is 1.12 bits per heavy atom. The van der Waals surface area contributed by atoms with E-state index in [0.717, 1.165) is 59.6 Å². The van der Waals surface area contributed by atoms with E-state index in [2.05, 4.69) is 46.2 Å². The van der Waals surface area contributed by atoms with Crippen LogP contribution >= 0.6 is 0 Å². The number of benzene rings is 1. The number of likely N-dealkylation sites (N-methyl/N-ethyl adjacent to an activating group) is 1. The van der Waals surface area contributed by atoms with Crippen LogP contribution in [0, 0.1) is 18.8 Å². The van der Waals surface area contributed by atoms with Gasteiger partial charge in [-0.15, -0.1) is 0 Å². The molecule has 2 N–H and O–H groups in total. The number of aromatic amines is 1. The number of amides is 2. The van der Waals surface area contributed by atoms with E-state index < -0.39 is 0 Å². The van der Waals surface area contributed by atoms with Crippen LogP contribution in [0.25, 0.3) is 22.2 Å². The summed E-state index contributed by atoms with van der Waals surface area (Å²) in [5.74, 6) is 1.34. The number of hydrogen-bond acceptors (Lipinski definition) is 4. The number of fused-ring (bicyclic) bond motifs is 2. The van der Waals surface area contributed by atoms with E-state index in [1.807, 2.05) is 36.2 Å². The summed E-state index contributed by atoms with van der Waals surface area (Å²) in [5.41, 5.74) is 6.23. The van der Waals surface area contributed by atoms with Crippen LogP contribution in [0.1, 0.15) is 41.4 Å². The monoisotopic (exact) mass is 459 g/mol. The lowest BCUT2D eigenvalue weighted by Gasteiger charge is -2.21. The van der Waals surface area contributed by atoms with Crippen molar-refractivity contribution in [1.82, 2.24) is 25.1 Å². The van der Waals surface area contributed by atoms with E-state index in [9.17, 15) is 9.59 Å². The van der Waals surface area contributed by atoms with Gasteiger partial charge < -0.3 is 15.2 Å². The van der Waals surface area contributed by atoms with Gasteiger partial charge in [-0.2, -0.15) is 0 Å². The van der Waals surface area contributed by atoms with Gasteiger partial charge in [-0.25, -0.2) is 0 Å². The highest BCUT2D eigenvalue weighted by atomic mass is 16.2. The third-order valence-electron chi connectivity index (χ3n) is 7.34. The van der Waals surface area contributed by atoms with Crippen LogP contribution in [-0.4, -0.2) is 71.4 Å². The SMILES string of the molecule is CNC(=O)CN1CC2CN(C(=O)c3ccc4[nH]c(-c5ccnc(C)c5)c(C(C)C)c4c3)CC2C1. The molecule has 4 heterocycles. The maximum Gasteiger partial charge on any atom is 0.253 e. The third kappa shape index (κ3) is 4.09. The highest BCUT2D eigenvalue weighted by molar-refractivity contribution is 6.00. The van der Waals surface area contributed by atoms with Crippen LogP contribution in [0.5, 0.6) is 0 Å². The van der Waals surface area contributed by atoms with Gasteiger partial charge in [-0.05, 0) is 60.6 Å². The molecule has 2 aliphatic rings. The summed E-state index contributed by atoms with van der Waals surface area (Å²) < 4.78 is 0. The van der Waals surface area contributed by atoms with Crippen molar-refractivity contribution >= 4 is 22.7 Å². The number of pyridine rings is 1. The summed E-state index contributed by atoms with van der Waals surface area (Å²) in [6.45, 7) is 10.1. The van der Waals surface area contributed by atoms with E-state index in [1.165, 1.54) is 5.56 Å². The Morgan fingerprint density at radius 3 is 2.50 bits per heavy atom. The van der Waals surface area contributed by atoms with Gasteiger partial charge in [0.2, 0.25) is 5.91 Å². The Balaban J connectivity index is 1.38. The summed E-state index contributed by atoms with van der Waals surface area (Å²) in [4.78, 5) is 37.3. The van der Waals surface area contributed by atoms with Crippen molar-refractivity contribution in [1.29, 1.82) is 0 Å². The molecule has 2 aromatic heterocycles. The number of carbonyl (C=O) groups excluding carboxylic acids is 2. The quantitative estimate of drug-likeness (QED) is 0.613. The van der Waals surface area contributed by atoms with Crippen molar-refractivity contribution < 1.29 is 9.59 Å². The first-order chi connectivity index (χ1) is 16.3. The highest BCUT2D eigenvalue weighted by Gasteiger charge is 2.42. The second kappa shape index (κ2) is 8.87. The summed E-state index contributed by atoms with van der Waals surface area (Å²) in [6.07, 6.45) is 1.84. The molecule has 2 fully saturated rings. The summed E-state index contributed by atoms with van der Waals surface area (Å²) in [6, 6.07) is 10.2. The van der Waals surface area contributed by atoms with Gasteiger partial charge in [0.05, 0.1) is 12.2 Å². The first-order valence-corrected chi connectivity index (χ1v) is 12.1. The standard InChI is InChI=1S/C27H33N5O2/c1-16(2)25-22-10-19(5-6-23(22)30-26(25)18-7-8-29-17(3)9-18)27(34)32-13-20-11-31(12-21(20)14-32)15-24(33)28-4/h5-10,16,20-21,30H,11-15H2,1-4H3,(H,28,33). The highest BCUT2D eigenvalue weighted by Crippen LogP contribution is 2.37. The fraction of sp³-hybridized carbons (Fsp3) is 0.444. The number of hydrogen-bond donors (Lipinski definition) is 2. The second-order valence-corrected chi connectivity index (χ2v) is 10.1. The summed E-state index contributed by atoms with van der Waals surface area (Å²) >= 11 is 0. The fourth-order valence-corrected chi connectivity index (χ4v) is 5.72. The molecule has 0 spiro atoms. The molecule has 7 nitrogen and oxygen atoms in total. The molecule has 2 aliphatic heterocycles. The van der Waals surface area contributed by atoms with Crippen molar-refractivity contribution in [3.8, 4) is 11.3 Å². The first kappa shape index (κ1) is 22.6. The number of aryl methyl sites for hydroxylation is 1. The molecule has 5 rings (SSSR count). The molecule has 2 atom stereocenters. The minimum atomic E-state index is 0.0509. The Hall–Kier alpha value is -3.19. The van der Waals surface area contributed by atoms with Gasteiger partial charge in [0, 0.05) is 67.1 Å². The minimum Gasteiger partial charge on any atom is -0.358 e. The lowest BCUT2D eigenvalue weighted by Crippen LogP contribution is -2.37. The maximum absolute atomic E-state index is 13.5. The number of likely N-dealkylation sites (tertiary alicyclic amines) is 2. The zero-order valence-electron chi connectivity index (χ0n) is 20.4. The van der Waals surface area contributed by atoms with Crippen LogP contribution in [0.2, 0.25) is 0 Å². The van der Waals surface area contributed by atoms with Crippen molar-refractivity contribution in [2.45, 2.75) is 26.7 Å². The minimum absolute atomic E-state index is 0.0509. The molecular formula is C27H33N5O2. The average Bonchev–Trinajstić information content (AvgIpc) is 3.49. The number of aromatic nitrogens is 2. The van der Waals surface area contributed by atoms with Crippen molar-refractivity contribution in [3.63, 3.8) is 0 Å². The van der Waals surface area contributed by atoms with Crippen molar-refractivity contribution in [2.75, 3.05) is 39.8 Å². The molecule has 0 bridgehead atoms. The number of H-pyrrole nitrogens is 1. The number of carbonyl (C=O) groups is 2. The molecule has 7 heteroatoms. The molecule has 178 valence electrons. The van der Waals surface area contributed by atoms with E-state index in [0.29, 0.717) is 24.3 Å². The Kier molecular flexibility index (Phi) is 5.90. The van der Waals surface area contributed by atoms with Crippen molar-refractivity contribution in [3.05, 3.63) is 53.3 Å². The largest absolute Gasteiger partial charge is 0.358 e. The van der Waals surface area contributed by atoms with Crippen molar-refractivity contribution in [2.24, 2.45) is 11.8 Å². The van der Waals surface area contributed by atoms with E-state index >= 15 is 0 Å². The lowest BCUT2D eigenvalue weighted by atomic mass is 9.95. The van der Waals surface area contributed by atoms with Crippen LogP contribution in [-0.2, 0) is 4.79 Å². The Labute approximate surface area is 200 Å². The second-order valence-electron chi connectivity index (χ2n) is 10.1. The summed E-state index contributed by atoms with van der Waals surface area (Å²) in [7, 11) is 1.67. The molecule has 1 aromatic carbocycles. The Bertz CT molecular complexity index is 1230. The predicted molar refractivity (Wildman–Crippen MR) is 134 cm³/mol. The van der Waals surface area contributed by atoms with Crippen LogP contribution in [0.4, 0.5) is 0 Å². The number of nitrogens with zero attached hydrogens (tertiary/aromatic N) is 3. The fourth-order valence-electron chi connectivity index (χ4n) is 5.72. The Morgan fingerprint density at radius 2 is 1.85 bits per heavy atom. The molecule has 0 aliphatic carbocycles. The molecule has 0 radical (unpaired) electrons. The van der Waals surface area contributed by atoms with Gasteiger partial charge in [-0.1, -0.05) is 13.8 Å². The summed E-state index contributed by atoms with van der Waals surface area (Å²) in [5, 5.41) is 3.81. The number of nitrogens with one attached hydrogen (secondary N) is 2.